The van der Waals surface area contributed by atoms with Gasteiger partial charge in [0.15, 0.2) is 0 Å². The van der Waals surface area contributed by atoms with Gasteiger partial charge in [0.25, 0.3) is 0 Å². The van der Waals surface area contributed by atoms with E-state index >= 15 is 0 Å². The molecule has 2 rings (SSSR count). The minimum absolute atomic E-state index is 0.117. The number of rotatable bonds is 8. The standard InChI is InChI=1S/C14H20ClNO2Si.C14H19ClO2Si/c1-13(2,3)19-18-14(4,5)11-8-10(9-16-17)6-7-12(11)15;1-13(2,3)18-17-14(4,5)11-8-10(9-16)6-7-12(11)15/h6-9,17H,1-5H3;6-9H,1-5H3. The molecule has 2 aromatic rings. The molecule has 5 nitrogen and oxygen atoms in total. The third-order valence-corrected chi connectivity index (χ3v) is 7.95. The Morgan fingerprint density at radius 3 is 1.46 bits per heavy atom. The van der Waals surface area contributed by atoms with Gasteiger partial charge in [-0.2, -0.15) is 0 Å². The third kappa shape index (κ3) is 11.8. The fourth-order valence-electron chi connectivity index (χ4n) is 2.90. The second-order valence-electron chi connectivity index (χ2n) is 11.8. The van der Waals surface area contributed by atoms with Crippen LogP contribution in [0.3, 0.4) is 0 Å². The average Bonchev–Trinajstić information content (AvgIpc) is 2.78. The summed E-state index contributed by atoms with van der Waals surface area (Å²) in [5.41, 5.74) is 2.17. The summed E-state index contributed by atoms with van der Waals surface area (Å²) in [6, 6.07) is 10.7. The highest BCUT2D eigenvalue weighted by Gasteiger charge is 2.28. The quantitative estimate of drug-likeness (QED) is 0.112. The van der Waals surface area contributed by atoms with Crippen LogP contribution in [0.2, 0.25) is 20.1 Å². The Morgan fingerprint density at radius 1 is 0.730 bits per heavy atom. The fourth-order valence-corrected chi connectivity index (χ4v) is 4.93. The molecule has 0 atom stereocenters. The first-order valence-corrected chi connectivity index (χ1v) is 14.5. The lowest BCUT2D eigenvalue weighted by molar-refractivity contribution is 0.108. The van der Waals surface area contributed by atoms with E-state index in [1.807, 2.05) is 33.8 Å². The molecule has 0 spiro atoms. The fraction of sp³-hybridized carbons (Fsp3) is 0.500. The molecule has 2 aromatic carbocycles. The van der Waals surface area contributed by atoms with E-state index in [-0.39, 0.29) is 10.1 Å². The maximum atomic E-state index is 10.8. The number of halogens is 2. The Hall–Kier alpha value is -1.49. The Bertz CT molecular complexity index is 1070. The van der Waals surface area contributed by atoms with Gasteiger partial charge in [-0.15, -0.1) is 0 Å². The van der Waals surface area contributed by atoms with Crippen molar-refractivity contribution in [1.29, 1.82) is 0 Å². The number of hydrogen-bond acceptors (Lipinski definition) is 5. The molecule has 0 saturated carbocycles. The van der Waals surface area contributed by atoms with Crippen molar-refractivity contribution in [2.75, 3.05) is 0 Å². The van der Waals surface area contributed by atoms with Crippen LogP contribution in [0.4, 0.5) is 0 Å². The van der Waals surface area contributed by atoms with Crippen LogP contribution in [-0.4, -0.2) is 37.2 Å². The predicted octanol–water partition coefficient (Wildman–Crippen LogP) is 8.48. The topological polar surface area (TPSA) is 68.1 Å². The van der Waals surface area contributed by atoms with Gasteiger partial charge in [-0.05, 0) is 67.6 Å². The molecule has 0 bridgehead atoms. The largest absolute Gasteiger partial charge is 0.411 e. The first-order valence-electron chi connectivity index (χ1n) is 11.9. The molecule has 1 N–H and O–H groups in total. The Labute approximate surface area is 237 Å². The summed E-state index contributed by atoms with van der Waals surface area (Å²) >= 11 is 12.4. The van der Waals surface area contributed by atoms with Gasteiger partial charge in [0.1, 0.15) is 6.29 Å². The molecular weight excluding hydrogens is 541 g/mol. The van der Waals surface area contributed by atoms with Crippen molar-refractivity contribution in [3.8, 4) is 0 Å². The van der Waals surface area contributed by atoms with Gasteiger partial charge in [0.05, 0.1) is 17.4 Å². The normalized spacial score (nSPS) is 12.9. The lowest BCUT2D eigenvalue weighted by Gasteiger charge is -2.30. The Morgan fingerprint density at radius 2 is 1.11 bits per heavy atom. The number of aldehydes is 1. The van der Waals surface area contributed by atoms with Crippen molar-refractivity contribution in [3.05, 3.63) is 68.7 Å². The number of oxime groups is 1. The summed E-state index contributed by atoms with van der Waals surface area (Å²) in [6.45, 7) is 20.7. The number of hydrogen-bond donors (Lipinski definition) is 1. The van der Waals surface area contributed by atoms with Crippen LogP contribution in [0.5, 0.6) is 0 Å². The second-order valence-corrected chi connectivity index (χ2v) is 16.4. The summed E-state index contributed by atoms with van der Waals surface area (Å²) in [5.74, 6) is 0. The molecule has 0 unspecified atom stereocenters. The predicted molar refractivity (Wildman–Crippen MR) is 157 cm³/mol. The maximum absolute atomic E-state index is 10.8. The summed E-state index contributed by atoms with van der Waals surface area (Å²) in [4.78, 5) is 10.8. The molecule has 0 amide bonds. The van der Waals surface area contributed by atoms with Crippen molar-refractivity contribution >= 4 is 55.2 Å². The van der Waals surface area contributed by atoms with Crippen LogP contribution in [0.1, 0.15) is 96.3 Å². The van der Waals surface area contributed by atoms with E-state index in [1.54, 1.807) is 30.3 Å². The second kappa shape index (κ2) is 13.5. The number of carbonyl (C=O) groups is 1. The molecule has 9 heteroatoms. The van der Waals surface area contributed by atoms with E-state index in [0.717, 1.165) is 23.0 Å². The molecule has 0 aliphatic rings. The molecule has 202 valence electrons. The van der Waals surface area contributed by atoms with Gasteiger partial charge in [-0.25, -0.2) is 0 Å². The lowest BCUT2D eigenvalue weighted by atomic mass is 9.96. The highest BCUT2D eigenvalue weighted by atomic mass is 35.5. The monoisotopic (exact) mass is 579 g/mol. The Kier molecular flexibility index (Phi) is 12.3. The smallest absolute Gasteiger partial charge is 0.236 e. The van der Waals surface area contributed by atoms with Gasteiger partial charge in [0.2, 0.25) is 19.5 Å². The van der Waals surface area contributed by atoms with Gasteiger partial charge in [0, 0.05) is 26.7 Å². The molecule has 0 fully saturated rings. The lowest BCUT2D eigenvalue weighted by Crippen LogP contribution is -2.28. The van der Waals surface area contributed by atoms with Crippen LogP contribution < -0.4 is 0 Å². The minimum atomic E-state index is -0.498. The molecule has 0 heterocycles. The summed E-state index contributed by atoms with van der Waals surface area (Å²) in [5, 5.41) is 13.2. The van der Waals surface area contributed by atoms with E-state index in [2.05, 4.69) is 46.7 Å². The highest BCUT2D eigenvalue weighted by Crippen LogP contribution is 2.35. The molecule has 0 aliphatic heterocycles. The number of nitrogens with zero attached hydrogens (tertiary/aromatic N) is 1. The van der Waals surface area contributed by atoms with E-state index in [1.165, 1.54) is 6.21 Å². The first kappa shape index (κ1) is 33.5. The van der Waals surface area contributed by atoms with Crippen LogP contribution >= 0.6 is 23.2 Å². The van der Waals surface area contributed by atoms with Crippen LogP contribution in [0.25, 0.3) is 0 Å². The van der Waals surface area contributed by atoms with Crippen LogP contribution in [-0.2, 0) is 20.1 Å². The number of benzene rings is 2. The molecule has 0 aliphatic carbocycles. The first-order chi connectivity index (χ1) is 16.8. The van der Waals surface area contributed by atoms with Gasteiger partial charge >= 0.3 is 0 Å². The highest BCUT2D eigenvalue weighted by molar-refractivity contribution is 6.33. The van der Waals surface area contributed by atoms with Crippen LogP contribution in [0.15, 0.2) is 41.6 Å². The summed E-state index contributed by atoms with van der Waals surface area (Å²) in [6.07, 6.45) is 2.20. The van der Waals surface area contributed by atoms with E-state index in [4.69, 9.17) is 37.3 Å². The molecular formula is C28H39Cl2NO4Si2. The van der Waals surface area contributed by atoms with E-state index in [0.29, 0.717) is 35.1 Å². The van der Waals surface area contributed by atoms with E-state index < -0.39 is 11.2 Å². The molecule has 4 radical (unpaired) electrons. The third-order valence-electron chi connectivity index (χ3n) is 4.85. The molecule has 0 aromatic heterocycles. The van der Waals surface area contributed by atoms with E-state index in [9.17, 15) is 4.79 Å². The summed E-state index contributed by atoms with van der Waals surface area (Å²) in [7, 11) is 0.736. The van der Waals surface area contributed by atoms with Crippen molar-refractivity contribution in [1.82, 2.24) is 0 Å². The zero-order valence-electron chi connectivity index (χ0n) is 23.5. The zero-order chi connectivity index (χ0) is 28.7. The van der Waals surface area contributed by atoms with Gasteiger partial charge < -0.3 is 14.1 Å². The van der Waals surface area contributed by atoms with Crippen LogP contribution in [0, 0.1) is 0 Å². The summed E-state index contributed by atoms with van der Waals surface area (Å²) < 4.78 is 12.0. The van der Waals surface area contributed by atoms with Crippen molar-refractivity contribution < 1.29 is 18.9 Å². The van der Waals surface area contributed by atoms with Crippen molar-refractivity contribution in [2.45, 2.75) is 90.5 Å². The molecule has 0 saturated heterocycles. The molecule has 37 heavy (non-hydrogen) atoms. The average molecular weight is 581 g/mol. The SMILES string of the molecule is CC(C)(C)[Si]OC(C)(C)c1cc(C=NO)ccc1Cl.CC(C)(C)[Si]OC(C)(C)c1cc(C=O)ccc1Cl. The zero-order valence-corrected chi connectivity index (χ0v) is 27.0. The maximum Gasteiger partial charge on any atom is 0.236 e. The van der Waals surface area contributed by atoms with Crippen molar-refractivity contribution in [3.63, 3.8) is 0 Å². The number of carbonyl (C=O) groups excluding carboxylic acids is 1. The van der Waals surface area contributed by atoms with Gasteiger partial charge in [-0.3, -0.25) is 4.79 Å². The minimum Gasteiger partial charge on any atom is -0.411 e. The van der Waals surface area contributed by atoms with Gasteiger partial charge in [-0.1, -0.05) is 82.0 Å². The Balaban J connectivity index is 0.000000371. The van der Waals surface area contributed by atoms with Crippen molar-refractivity contribution in [2.24, 2.45) is 5.16 Å².